The van der Waals surface area contributed by atoms with Gasteiger partial charge in [0.25, 0.3) is 0 Å². The van der Waals surface area contributed by atoms with Crippen LogP contribution in [0.5, 0.6) is 0 Å². The maximum absolute atomic E-state index is 8.98. The van der Waals surface area contributed by atoms with E-state index in [9.17, 15) is 0 Å². The van der Waals surface area contributed by atoms with Crippen LogP contribution >= 0.6 is 0 Å². The third-order valence-electron chi connectivity index (χ3n) is 3.35. The Bertz CT molecular complexity index is 419. The summed E-state index contributed by atoms with van der Waals surface area (Å²) in [5.74, 6) is 0. The molecule has 0 aliphatic carbocycles. The topological polar surface area (TPSA) is 57.9 Å². The van der Waals surface area contributed by atoms with E-state index in [-0.39, 0.29) is 5.41 Å². The molecule has 0 radical (unpaired) electrons. The molecule has 2 rings (SSSR count). The highest BCUT2D eigenvalue weighted by Gasteiger charge is 2.27. The number of pyridine rings is 1. The molecule has 1 aliphatic rings. The Morgan fingerprint density at radius 3 is 3.00 bits per heavy atom. The number of hydrogen-bond acceptors (Lipinski definition) is 4. The van der Waals surface area contributed by atoms with Gasteiger partial charge in [-0.1, -0.05) is 6.92 Å². The first-order chi connectivity index (χ1) is 8.23. The van der Waals surface area contributed by atoms with E-state index in [1.165, 1.54) is 0 Å². The Morgan fingerprint density at radius 2 is 2.29 bits per heavy atom. The van der Waals surface area contributed by atoms with Crippen LogP contribution < -0.4 is 5.32 Å². The number of nitrogens with one attached hydrogen (secondary N) is 1. The zero-order chi connectivity index (χ0) is 12.1. The third kappa shape index (κ3) is 2.95. The Kier molecular flexibility index (Phi) is 3.60. The van der Waals surface area contributed by atoms with E-state index in [1.54, 1.807) is 18.5 Å². The van der Waals surface area contributed by atoms with Crippen molar-refractivity contribution >= 4 is 5.69 Å². The smallest absolute Gasteiger partial charge is 0.101 e. The van der Waals surface area contributed by atoms with Crippen LogP contribution in [0, 0.1) is 16.7 Å². The fraction of sp³-hybridized carbons (Fsp3) is 0.538. The number of aromatic nitrogens is 1. The first-order valence-electron chi connectivity index (χ1n) is 5.89. The number of ether oxygens (including phenoxy) is 1. The van der Waals surface area contributed by atoms with Crippen molar-refractivity contribution in [2.75, 3.05) is 25.1 Å². The SMILES string of the molecule is CC1(CNc2cnccc2C#N)CCOCC1. The number of hydrogen-bond donors (Lipinski definition) is 1. The molecule has 2 heterocycles. The first-order valence-corrected chi connectivity index (χ1v) is 5.89. The second-order valence-corrected chi connectivity index (χ2v) is 4.81. The molecule has 17 heavy (non-hydrogen) atoms. The Hall–Kier alpha value is -1.60. The highest BCUT2D eigenvalue weighted by atomic mass is 16.5. The summed E-state index contributed by atoms with van der Waals surface area (Å²) >= 11 is 0. The standard InChI is InChI=1S/C13H17N3O/c1-13(3-6-17-7-4-13)10-16-12-9-15-5-2-11(12)8-14/h2,5,9,16H,3-4,6-7,10H2,1H3. The van der Waals surface area contributed by atoms with Gasteiger partial charge in [-0.15, -0.1) is 0 Å². The third-order valence-corrected chi connectivity index (χ3v) is 3.35. The normalized spacial score (nSPS) is 18.4. The molecule has 0 bridgehead atoms. The maximum atomic E-state index is 8.98. The second kappa shape index (κ2) is 5.15. The second-order valence-electron chi connectivity index (χ2n) is 4.81. The molecule has 1 N–H and O–H groups in total. The van der Waals surface area contributed by atoms with Crippen molar-refractivity contribution < 1.29 is 4.74 Å². The number of nitrogens with zero attached hydrogens (tertiary/aromatic N) is 2. The van der Waals surface area contributed by atoms with Gasteiger partial charge < -0.3 is 10.1 Å². The number of anilines is 1. The van der Waals surface area contributed by atoms with Crippen LogP contribution in [0.3, 0.4) is 0 Å². The van der Waals surface area contributed by atoms with Crippen molar-refractivity contribution in [2.45, 2.75) is 19.8 Å². The molecule has 1 saturated heterocycles. The zero-order valence-electron chi connectivity index (χ0n) is 10.1. The monoisotopic (exact) mass is 231 g/mol. The molecule has 1 aromatic heterocycles. The lowest BCUT2D eigenvalue weighted by molar-refractivity contribution is 0.0300. The van der Waals surface area contributed by atoms with Crippen molar-refractivity contribution in [3.8, 4) is 6.07 Å². The van der Waals surface area contributed by atoms with Gasteiger partial charge in [-0.2, -0.15) is 5.26 Å². The van der Waals surface area contributed by atoms with Crippen LogP contribution in [0.25, 0.3) is 0 Å². The van der Waals surface area contributed by atoms with E-state index < -0.39 is 0 Å². The highest BCUT2D eigenvalue weighted by Crippen LogP contribution is 2.30. The molecule has 1 aliphatic heterocycles. The molecule has 0 atom stereocenters. The predicted octanol–water partition coefficient (Wildman–Crippen LogP) is 2.18. The van der Waals surface area contributed by atoms with Crippen LogP contribution in [-0.2, 0) is 4.74 Å². The van der Waals surface area contributed by atoms with E-state index >= 15 is 0 Å². The minimum Gasteiger partial charge on any atom is -0.382 e. The van der Waals surface area contributed by atoms with Crippen LogP contribution in [0.4, 0.5) is 5.69 Å². The summed E-state index contributed by atoms with van der Waals surface area (Å²) in [6.07, 6.45) is 5.46. The average Bonchev–Trinajstić information content (AvgIpc) is 2.38. The Labute approximate surface area is 102 Å². The highest BCUT2D eigenvalue weighted by molar-refractivity contribution is 5.55. The Morgan fingerprint density at radius 1 is 1.53 bits per heavy atom. The summed E-state index contributed by atoms with van der Waals surface area (Å²) in [4.78, 5) is 4.04. The summed E-state index contributed by atoms with van der Waals surface area (Å²) in [6.45, 7) is 4.77. The molecule has 0 amide bonds. The van der Waals surface area contributed by atoms with Crippen molar-refractivity contribution in [1.82, 2.24) is 4.98 Å². The van der Waals surface area contributed by atoms with Crippen molar-refractivity contribution in [3.63, 3.8) is 0 Å². The van der Waals surface area contributed by atoms with Gasteiger partial charge in [0.05, 0.1) is 17.4 Å². The summed E-state index contributed by atoms with van der Waals surface area (Å²) in [6, 6.07) is 3.90. The van der Waals surface area contributed by atoms with Gasteiger partial charge in [-0.3, -0.25) is 4.98 Å². The molecule has 0 aromatic carbocycles. The van der Waals surface area contributed by atoms with Gasteiger partial charge in [0.1, 0.15) is 6.07 Å². The van der Waals surface area contributed by atoms with Crippen LogP contribution in [0.15, 0.2) is 18.5 Å². The largest absolute Gasteiger partial charge is 0.382 e. The lowest BCUT2D eigenvalue weighted by Crippen LogP contribution is -2.33. The van der Waals surface area contributed by atoms with Gasteiger partial charge in [-0.05, 0) is 24.3 Å². The van der Waals surface area contributed by atoms with Gasteiger partial charge in [-0.25, -0.2) is 0 Å². The fourth-order valence-electron chi connectivity index (χ4n) is 1.98. The molecule has 4 heteroatoms. The maximum Gasteiger partial charge on any atom is 0.101 e. The van der Waals surface area contributed by atoms with E-state index in [4.69, 9.17) is 10.00 Å². The van der Waals surface area contributed by atoms with Crippen molar-refractivity contribution in [1.29, 1.82) is 5.26 Å². The van der Waals surface area contributed by atoms with Crippen LogP contribution in [-0.4, -0.2) is 24.7 Å². The van der Waals surface area contributed by atoms with E-state index in [0.717, 1.165) is 38.3 Å². The van der Waals surface area contributed by atoms with E-state index in [2.05, 4.69) is 23.3 Å². The molecule has 90 valence electrons. The van der Waals surface area contributed by atoms with Crippen LogP contribution in [0.1, 0.15) is 25.3 Å². The van der Waals surface area contributed by atoms with Crippen LogP contribution in [0.2, 0.25) is 0 Å². The van der Waals surface area contributed by atoms with Gasteiger partial charge in [0.2, 0.25) is 0 Å². The van der Waals surface area contributed by atoms with Gasteiger partial charge in [0.15, 0.2) is 0 Å². The fourth-order valence-corrected chi connectivity index (χ4v) is 1.98. The zero-order valence-corrected chi connectivity index (χ0v) is 10.1. The molecule has 0 unspecified atom stereocenters. The lowest BCUT2D eigenvalue weighted by Gasteiger charge is -2.33. The minimum absolute atomic E-state index is 0.251. The molecular formula is C13H17N3O. The minimum atomic E-state index is 0.251. The van der Waals surface area contributed by atoms with Gasteiger partial charge >= 0.3 is 0 Å². The average molecular weight is 231 g/mol. The number of nitriles is 1. The molecule has 4 nitrogen and oxygen atoms in total. The molecule has 0 spiro atoms. The quantitative estimate of drug-likeness (QED) is 0.866. The predicted molar refractivity (Wildman–Crippen MR) is 65.6 cm³/mol. The first kappa shape index (κ1) is 11.9. The van der Waals surface area contributed by atoms with E-state index in [1.807, 2.05) is 0 Å². The molecular weight excluding hydrogens is 214 g/mol. The van der Waals surface area contributed by atoms with Crippen molar-refractivity contribution in [2.24, 2.45) is 5.41 Å². The summed E-state index contributed by atoms with van der Waals surface area (Å²) < 4.78 is 5.37. The lowest BCUT2D eigenvalue weighted by atomic mass is 9.82. The summed E-state index contributed by atoms with van der Waals surface area (Å²) in [5.41, 5.74) is 1.72. The molecule has 1 aromatic rings. The summed E-state index contributed by atoms with van der Waals surface area (Å²) in [5, 5.41) is 12.3. The van der Waals surface area contributed by atoms with E-state index in [0.29, 0.717) is 5.56 Å². The molecule has 1 fully saturated rings. The van der Waals surface area contributed by atoms with Gasteiger partial charge in [0, 0.05) is 26.0 Å². The summed E-state index contributed by atoms with van der Waals surface area (Å²) in [7, 11) is 0. The van der Waals surface area contributed by atoms with Crippen molar-refractivity contribution in [3.05, 3.63) is 24.0 Å². The number of rotatable bonds is 3. The molecule has 0 saturated carbocycles. The Balaban J connectivity index is 2.00.